The number of amides is 1. The van der Waals surface area contributed by atoms with Crippen molar-refractivity contribution in [3.63, 3.8) is 0 Å². The van der Waals surface area contributed by atoms with Gasteiger partial charge in [0.25, 0.3) is 0 Å². The maximum absolute atomic E-state index is 12.8. The van der Waals surface area contributed by atoms with Crippen LogP contribution in [-0.2, 0) is 16.1 Å². The minimum atomic E-state index is -0.126. The SMILES string of the molecule is O=C(Cn1c(C2CCCO2)nc2ccccc21)Nc1ccc2c(c1)OCCO2. The molecule has 1 unspecified atom stereocenters. The van der Waals surface area contributed by atoms with Crippen molar-refractivity contribution in [1.82, 2.24) is 9.55 Å². The Kier molecular flexibility index (Phi) is 4.37. The van der Waals surface area contributed by atoms with Crippen LogP contribution >= 0.6 is 0 Å². The Morgan fingerprint density at radius 2 is 1.96 bits per heavy atom. The molecule has 1 aromatic heterocycles. The molecule has 0 saturated carbocycles. The molecule has 1 saturated heterocycles. The number of anilines is 1. The molecule has 5 rings (SSSR count). The van der Waals surface area contributed by atoms with E-state index in [2.05, 4.69) is 5.32 Å². The molecular weight excluding hydrogens is 358 g/mol. The zero-order valence-electron chi connectivity index (χ0n) is 15.4. The minimum absolute atomic E-state index is 0.0607. The van der Waals surface area contributed by atoms with E-state index in [1.54, 1.807) is 6.07 Å². The van der Waals surface area contributed by atoms with Crippen LogP contribution < -0.4 is 14.8 Å². The van der Waals surface area contributed by atoms with Crippen molar-refractivity contribution in [2.75, 3.05) is 25.1 Å². The molecule has 144 valence electrons. The Balaban J connectivity index is 1.40. The van der Waals surface area contributed by atoms with E-state index in [9.17, 15) is 4.79 Å². The van der Waals surface area contributed by atoms with Gasteiger partial charge in [0.2, 0.25) is 5.91 Å². The number of carbonyl (C=O) groups excluding carboxylic acids is 1. The summed E-state index contributed by atoms with van der Waals surface area (Å²) >= 11 is 0. The summed E-state index contributed by atoms with van der Waals surface area (Å²) in [5.41, 5.74) is 2.49. The van der Waals surface area contributed by atoms with Gasteiger partial charge in [0, 0.05) is 18.4 Å². The number of nitrogens with zero attached hydrogens (tertiary/aromatic N) is 2. The number of rotatable bonds is 4. The predicted molar refractivity (Wildman–Crippen MR) is 104 cm³/mol. The lowest BCUT2D eigenvalue weighted by molar-refractivity contribution is -0.116. The molecule has 0 spiro atoms. The Bertz CT molecular complexity index is 1020. The van der Waals surface area contributed by atoms with E-state index in [1.165, 1.54) is 0 Å². The van der Waals surface area contributed by atoms with Gasteiger partial charge < -0.3 is 24.1 Å². The molecule has 7 heteroatoms. The van der Waals surface area contributed by atoms with Crippen molar-refractivity contribution >= 4 is 22.6 Å². The van der Waals surface area contributed by atoms with Crippen LogP contribution in [0, 0.1) is 0 Å². The Morgan fingerprint density at radius 3 is 2.82 bits per heavy atom. The van der Waals surface area contributed by atoms with Crippen molar-refractivity contribution in [2.45, 2.75) is 25.5 Å². The second-order valence-corrected chi connectivity index (χ2v) is 6.95. The first-order chi connectivity index (χ1) is 13.8. The number of imidazole rings is 1. The summed E-state index contributed by atoms with van der Waals surface area (Å²) in [6.07, 6.45) is 1.87. The number of aromatic nitrogens is 2. The highest BCUT2D eigenvalue weighted by Gasteiger charge is 2.25. The number of para-hydroxylation sites is 2. The van der Waals surface area contributed by atoms with Gasteiger partial charge in [-0.3, -0.25) is 4.79 Å². The molecule has 2 aromatic carbocycles. The molecule has 2 aliphatic heterocycles. The van der Waals surface area contributed by atoms with E-state index in [0.717, 1.165) is 36.3 Å². The van der Waals surface area contributed by atoms with Gasteiger partial charge in [-0.15, -0.1) is 0 Å². The lowest BCUT2D eigenvalue weighted by atomic mass is 10.2. The maximum atomic E-state index is 12.8. The van der Waals surface area contributed by atoms with Crippen molar-refractivity contribution in [3.8, 4) is 11.5 Å². The number of ether oxygens (including phenoxy) is 3. The molecule has 7 nitrogen and oxygen atoms in total. The van der Waals surface area contributed by atoms with Crippen molar-refractivity contribution in [1.29, 1.82) is 0 Å². The number of nitrogens with one attached hydrogen (secondary N) is 1. The first-order valence-corrected chi connectivity index (χ1v) is 9.54. The molecule has 3 aromatic rings. The van der Waals surface area contributed by atoms with Crippen LogP contribution in [0.3, 0.4) is 0 Å². The fraction of sp³-hybridized carbons (Fsp3) is 0.333. The van der Waals surface area contributed by atoms with Crippen molar-refractivity contribution in [3.05, 3.63) is 48.3 Å². The third kappa shape index (κ3) is 3.18. The van der Waals surface area contributed by atoms with Gasteiger partial charge >= 0.3 is 0 Å². The summed E-state index contributed by atoms with van der Waals surface area (Å²) in [6, 6.07) is 13.3. The van der Waals surface area contributed by atoms with Crippen LogP contribution in [-0.4, -0.2) is 35.3 Å². The van der Waals surface area contributed by atoms with Gasteiger partial charge in [0.05, 0.1) is 11.0 Å². The van der Waals surface area contributed by atoms with Crippen LogP contribution in [0.2, 0.25) is 0 Å². The summed E-state index contributed by atoms with van der Waals surface area (Å²) in [7, 11) is 0. The number of fused-ring (bicyclic) bond motifs is 2. The zero-order valence-corrected chi connectivity index (χ0v) is 15.4. The predicted octanol–water partition coefficient (Wildman–Crippen LogP) is 3.30. The summed E-state index contributed by atoms with van der Waals surface area (Å²) in [4.78, 5) is 17.5. The average molecular weight is 379 g/mol. The van der Waals surface area contributed by atoms with Crippen LogP contribution in [0.1, 0.15) is 24.8 Å². The molecule has 2 aliphatic rings. The van der Waals surface area contributed by atoms with E-state index in [-0.39, 0.29) is 18.6 Å². The Morgan fingerprint density at radius 1 is 1.11 bits per heavy atom. The highest BCUT2D eigenvalue weighted by Crippen LogP contribution is 2.33. The second kappa shape index (κ2) is 7.16. The van der Waals surface area contributed by atoms with E-state index >= 15 is 0 Å². The Hall–Kier alpha value is -3.06. The highest BCUT2D eigenvalue weighted by atomic mass is 16.6. The van der Waals surface area contributed by atoms with E-state index in [4.69, 9.17) is 19.2 Å². The monoisotopic (exact) mass is 379 g/mol. The molecular formula is C21H21N3O4. The number of carbonyl (C=O) groups is 1. The first kappa shape index (κ1) is 17.1. The highest BCUT2D eigenvalue weighted by molar-refractivity contribution is 5.92. The maximum Gasteiger partial charge on any atom is 0.244 e. The molecule has 3 heterocycles. The molecule has 0 aliphatic carbocycles. The smallest absolute Gasteiger partial charge is 0.244 e. The fourth-order valence-electron chi connectivity index (χ4n) is 3.75. The van der Waals surface area contributed by atoms with Gasteiger partial charge in [-0.2, -0.15) is 0 Å². The van der Waals surface area contributed by atoms with Crippen LogP contribution in [0.15, 0.2) is 42.5 Å². The van der Waals surface area contributed by atoms with Crippen molar-refractivity contribution in [2.24, 2.45) is 0 Å². The molecule has 0 bridgehead atoms. The lowest BCUT2D eigenvalue weighted by Gasteiger charge is -2.19. The van der Waals surface area contributed by atoms with Gasteiger partial charge in [0.1, 0.15) is 31.7 Å². The van der Waals surface area contributed by atoms with E-state index in [1.807, 2.05) is 41.0 Å². The van der Waals surface area contributed by atoms with Gasteiger partial charge in [-0.25, -0.2) is 4.98 Å². The van der Waals surface area contributed by atoms with Crippen LogP contribution in [0.25, 0.3) is 11.0 Å². The van der Waals surface area contributed by atoms with Crippen molar-refractivity contribution < 1.29 is 19.0 Å². The van der Waals surface area contributed by atoms with E-state index in [0.29, 0.717) is 30.4 Å². The topological polar surface area (TPSA) is 74.6 Å². The number of benzene rings is 2. The average Bonchev–Trinajstić information content (AvgIpc) is 3.36. The number of hydrogen-bond donors (Lipinski definition) is 1. The summed E-state index contributed by atoms with van der Waals surface area (Å²) in [6.45, 7) is 1.95. The molecule has 1 atom stereocenters. The standard InChI is InChI=1S/C21H21N3O4/c25-20(22-14-7-8-17-19(12-14)28-11-10-27-17)13-24-16-5-2-1-4-15(16)23-21(24)18-6-3-9-26-18/h1-2,4-5,7-8,12,18H,3,6,9-11,13H2,(H,22,25). The quantitative estimate of drug-likeness (QED) is 0.753. The van der Waals surface area contributed by atoms with Gasteiger partial charge in [0.15, 0.2) is 11.5 Å². The number of hydrogen-bond acceptors (Lipinski definition) is 5. The lowest BCUT2D eigenvalue weighted by Crippen LogP contribution is -2.21. The largest absolute Gasteiger partial charge is 0.486 e. The summed E-state index contributed by atoms with van der Waals surface area (Å²) in [5.74, 6) is 2.04. The van der Waals surface area contributed by atoms with Gasteiger partial charge in [-0.05, 0) is 37.1 Å². The molecule has 1 amide bonds. The van der Waals surface area contributed by atoms with Crippen LogP contribution in [0.4, 0.5) is 5.69 Å². The van der Waals surface area contributed by atoms with Gasteiger partial charge in [-0.1, -0.05) is 12.1 Å². The summed E-state index contributed by atoms with van der Waals surface area (Å²) in [5, 5.41) is 2.95. The molecule has 1 N–H and O–H groups in total. The van der Waals surface area contributed by atoms with Crippen LogP contribution in [0.5, 0.6) is 11.5 Å². The zero-order chi connectivity index (χ0) is 18.9. The Labute approximate surface area is 162 Å². The third-order valence-electron chi connectivity index (χ3n) is 5.03. The fourth-order valence-corrected chi connectivity index (χ4v) is 3.75. The minimum Gasteiger partial charge on any atom is -0.486 e. The second-order valence-electron chi connectivity index (χ2n) is 6.95. The first-order valence-electron chi connectivity index (χ1n) is 9.54. The third-order valence-corrected chi connectivity index (χ3v) is 5.03. The normalized spacial score (nSPS) is 18.4. The molecule has 0 radical (unpaired) electrons. The molecule has 1 fully saturated rings. The molecule has 28 heavy (non-hydrogen) atoms. The van der Waals surface area contributed by atoms with E-state index < -0.39 is 0 Å². The summed E-state index contributed by atoms with van der Waals surface area (Å²) < 4.78 is 18.9.